The summed E-state index contributed by atoms with van der Waals surface area (Å²) >= 11 is 0. The van der Waals surface area contributed by atoms with Crippen molar-refractivity contribution in [1.29, 1.82) is 0 Å². The minimum atomic E-state index is 0.311. The topological polar surface area (TPSA) is 97.9 Å². The molecular weight excluding hydrogens is 474 g/mol. The van der Waals surface area contributed by atoms with Gasteiger partial charge in [-0.1, -0.05) is 36.4 Å². The highest BCUT2D eigenvalue weighted by atomic mass is 16.5. The van der Waals surface area contributed by atoms with E-state index in [1.807, 2.05) is 0 Å². The summed E-state index contributed by atoms with van der Waals surface area (Å²) in [6.07, 6.45) is 6.94. The Morgan fingerprint density at radius 2 is 1.71 bits per heavy atom. The van der Waals surface area contributed by atoms with E-state index >= 15 is 0 Å². The molecule has 194 valence electrons. The third-order valence-electron chi connectivity index (χ3n) is 8.28. The Bertz CT molecular complexity index is 1560. The zero-order valence-corrected chi connectivity index (χ0v) is 21.5. The largest absolute Gasteiger partial charge is 0.383 e. The van der Waals surface area contributed by atoms with Crippen LogP contribution < -0.4 is 5.73 Å². The van der Waals surface area contributed by atoms with Crippen LogP contribution >= 0.6 is 0 Å². The number of rotatable bonds is 5. The monoisotopic (exact) mass is 507 g/mol. The van der Waals surface area contributed by atoms with Crippen LogP contribution in [0.4, 0.5) is 5.82 Å². The maximum absolute atomic E-state index is 6.43. The Morgan fingerprint density at radius 3 is 2.53 bits per heavy atom. The molecule has 0 unspecified atom stereocenters. The number of aromatic amines is 1. The lowest BCUT2D eigenvalue weighted by molar-refractivity contribution is 0.00520. The smallest absolute Gasteiger partial charge is 0.164 e. The highest BCUT2D eigenvalue weighted by molar-refractivity contribution is 6.00. The van der Waals surface area contributed by atoms with E-state index in [0.29, 0.717) is 17.9 Å². The fraction of sp³-hybridized carbons (Fsp3) is 0.367. The number of ether oxygens (including phenoxy) is 1. The summed E-state index contributed by atoms with van der Waals surface area (Å²) in [5.74, 6) is 0.484. The quantitative estimate of drug-likeness (QED) is 0.349. The molecular formula is C30H33N7O. The van der Waals surface area contributed by atoms with Gasteiger partial charge in [0.05, 0.1) is 24.6 Å². The van der Waals surface area contributed by atoms with E-state index in [1.54, 1.807) is 6.33 Å². The number of morpholine rings is 1. The van der Waals surface area contributed by atoms with E-state index < -0.39 is 0 Å². The number of hydrogen-bond acceptors (Lipinski definition) is 6. The zero-order valence-electron chi connectivity index (χ0n) is 21.5. The van der Waals surface area contributed by atoms with Crippen LogP contribution in [0.2, 0.25) is 0 Å². The number of aromatic nitrogens is 5. The van der Waals surface area contributed by atoms with Crippen molar-refractivity contribution in [3.8, 4) is 11.3 Å². The van der Waals surface area contributed by atoms with Crippen molar-refractivity contribution in [2.45, 2.75) is 44.2 Å². The Hall–Kier alpha value is -3.75. The second kappa shape index (κ2) is 9.85. The number of H-pyrrole nitrogens is 1. The van der Waals surface area contributed by atoms with Crippen molar-refractivity contribution >= 4 is 27.8 Å². The number of benzene rings is 2. The molecule has 8 nitrogen and oxygen atoms in total. The molecule has 1 aliphatic heterocycles. The van der Waals surface area contributed by atoms with Crippen molar-refractivity contribution in [3.63, 3.8) is 0 Å². The second-order valence-electron chi connectivity index (χ2n) is 10.6. The number of anilines is 1. The van der Waals surface area contributed by atoms with E-state index in [-0.39, 0.29) is 0 Å². The standard InChI is InChI=1S/C30H33N7O/c31-29-27-28(21-6-11-26-22(17-21)18-23(34-26)16-20-4-2-1-3-5-20)35-37(30(27)33-19-32-29)25-9-7-24(8-10-25)36-12-14-38-15-13-36/h1-6,11,17-19,24-25,34H,7-10,12-16H2,(H2,31,32,33). The van der Waals surface area contributed by atoms with Gasteiger partial charge in [-0.2, -0.15) is 5.10 Å². The molecule has 5 aromatic rings. The van der Waals surface area contributed by atoms with Crippen molar-refractivity contribution in [2.75, 3.05) is 32.0 Å². The van der Waals surface area contributed by atoms with E-state index in [1.165, 1.54) is 24.1 Å². The van der Waals surface area contributed by atoms with E-state index in [0.717, 1.165) is 78.8 Å². The van der Waals surface area contributed by atoms with Crippen molar-refractivity contribution in [3.05, 3.63) is 72.2 Å². The Labute approximate surface area is 221 Å². The molecule has 2 aliphatic rings. The number of nitrogens with zero attached hydrogens (tertiary/aromatic N) is 5. The highest BCUT2D eigenvalue weighted by Crippen LogP contribution is 2.37. The third kappa shape index (κ3) is 4.33. The Balaban J connectivity index is 1.19. The fourth-order valence-electron chi connectivity index (χ4n) is 6.31. The summed E-state index contributed by atoms with van der Waals surface area (Å²) in [5.41, 5.74) is 12.8. The van der Waals surface area contributed by atoms with Crippen LogP contribution in [-0.4, -0.2) is 62.0 Å². The van der Waals surface area contributed by atoms with Crippen LogP contribution in [0.15, 0.2) is 60.9 Å². The Kier molecular flexibility index (Phi) is 6.06. The fourth-order valence-corrected chi connectivity index (χ4v) is 6.31. The molecule has 38 heavy (non-hydrogen) atoms. The molecule has 0 atom stereocenters. The van der Waals surface area contributed by atoms with E-state index in [2.05, 4.69) is 79.1 Å². The first-order valence-electron chi connectivity index (χ1n) is 13.7. The molecule has 4 heterocycles. The van der Waals surface area contributed by atoms with Crippen LogP contribution in [0.3, 0.4) is 0 Å². The van der Waals surface area contributed by atoms with Crippen molar-refractivity contribution < 1.29 is 4.74 Å². The molecule has 0 amide bonds. The van der Waals surface area contributed by atoms with E-state index in [4.69, 9.17) is 15.6 Å². The summed E-state index contributed by atoms with van der Waals surface area (Å²) in [4.78, 5) is 15.2. The molecule has 1 saturated carbocycles. The molecule has 2 aromatic carbocycles. The molecule has 0 radical (unpaired) electrons. The molecule has 2 fully saturated rings. The predicted molar refractivity (Wildman–Crippen MR) is 150 cm³/mol. The van der Waals surface area contributed by atoms with Gasteiger partial charge in [0.25, 0.3) is 0 Å². The van der Waals surface area contributed by atoms with Gasteiger partial charge in [0.2, 0.25) is 0 Å². The van der Waals surface area contributed by atoms with Gasteiger partial charge in [-0.3, -0.25) is 4.90 Å². The highest BCUT2D eigenvalue weighted by Gasteiger charge is 2.30. The molecule has 0 bridgehead atoms. The normalized spacial score (nSPS) is 20.8. The third-order valence-corrected chi connectivity index (χ3v) is 8.28. The van der Waals surface area contributed by atoms with Crippen LogP contribution in [-0.2, 0) is 11.2 Å². The SMILES string of the molecule is Nc1ncnc2c1c(-c1ccc3[nH]c(Cc4ccccc4)cc3c1)nn2C1CCC(N2CCOCC2)CC1. The molecule has 0 spiro atoms. The second-order valence-corrected chi connectivity index (χ2v) is 10.6. The van der Waals surface area contributed by atoms with Gasteiger partial charge in [0.15, 0.2) is 5.65 Å². The first-order chi connectivity index (χ1) is 18.7. The molecule has 3 N–H and O–H groups in total. The average molecular weight is 508 g/mol. The first-order valence-corrected chi connectivity index (χ1v) is 13.7. The molecule has 1 aliphatic carbocycles. The summed E-state index contributed by atoms with van der Waals surface area (Å²) in [6, 6.07) is 20.2. The predicted octanol–water partition coefficient (Wildman–Crippen LogP) is 4.96. The number of fused-ring (bicyclic) bond motifs is 2. The van der Waals surface area contributed by atoms with Gasteiger partial charge in [-0.25, -0.2) is 14.6 Å². The van der Waals surface area contributed by atoms with Gasteiger partial charge < -0.3 is 15.5 Å². The van der Waals surface area contributed by atoms with Gasteiger partial charge in [0.1, 0.15) is 17.8 Å². The van der Waals surface area contributed by atoms with E-state index in [9.17, 15) is 0 Å². The summed E-state index contributed by atoms with van der Waals surface area (Å²) in [6.45, 7) is 3.79. The number of hydrogen-bond donors (Lipinski definition) is 2. The minimum Gasteiger partial charge on any atom is -0.383 e. The summed E-state index contributed by atoms with van der Waals surface area (Å²) in [7, 11) is 0. The minimum absolute atomic E-state index is 0.311. The molecule has 7 rings (SSSR count). The van der Waals surface area contributed by atoms with Gasteiger partial charge in [0, 0.05) is 47.7 Å². The van der Waals surface area contributed by atoms with Crippen molar-refractivity contribution in [2.24, 2.45) is 0 Å². The average Bonchev–Trinajstić information content (AvgIpc) is 3.56. The van der Waals surface area contributed by atoms with Crippen LogP contribution in [0.1, 0.15) is 43.0 Å². The van der Waals surface area contributed by atoms with Gasteiger partial charge in [-0.05, 0) is 49.4 Å². The maximum atomic E-state index is 6.43. The molecule has 1 saturated heterocycles. The number of nitrogen functional groups attached to an aromatic ring is 1. The van der Waals surface area contributed by atoms with Crippen LogP contribution in [0.25, 0.3) is 33.2 Å². The lowest BCUT2D eigenvalue weighted by Gasteiger charge is -2.38. The molecule has 8 heteroatoms. The van der Waals surface area contributed by atoms with Crippen molar-refractivity contribution in [1.82, 2.24) is 29.6 Å². The summed E-state index contributed by atoms with van der Waals surface area (Å²) < 4.78 is 7.68. The summed E-state index contributed by atoms with van der Waals surface area (Å²) in [5, 5.41) is 7.17. The number of nitrogens with one attached hydrogen (secondary N) is 1. The lowest BCUT2D eigenvalue weighted by atomic mass is 9.90. The molecule has 3 aromatic heterocycles. The van der Waals surface area contributed by atoms with Crippen LogP contribution in [0, 0.1) is 0 Å². The van der Waals surface area contributed by atoms with Gasteiger partial charge in [-0.15, -0.1) is 0 Å². The van der Waals surface area contributed by atoms with Gasteiger partial charge >= 0.3 is 0 Å². The first kappa shape index (κ1) is 23.4. The Morgan fingerprint density at radius 1 is 0.921 bits per heavy atom. The lowest BCUT2D eigenvalue weighted by Crippen LogP contribution is -2.45. The number of nitrogens with two attached hydrogens (primary N) is 1. The zero-order chi connectivity index (χ0) is 25.5. The maximum Gasteiger partial charge on any atom is 0.164 e. The van der Waals surface area contributed by atoms with Crippen LogP contribution in [0.5, 0.6) is 0 Å².